The zero-order chi connectivity index (χ0) is 15.1. The van der Waals surface area contributed by atoms with Crippen LogP contribution in [0.3, 0.4) is 0 Å². The predicted molar refractivity (Wildman–Crippen MR) is 73.5 cm³/mol. The molecule has 0 spiro atoms. The van der Waals surface area contributed by atoms with Crippen LogP contribution >= 0.6 is 0 Å². The van der Waals surface area contributed by atoms with E-state index in [2.05, 4.69) is 5.32 Å². The van der Waals surface area contributed by atoms with E-state index in [-0.39, 0.29) is 5.57 Å². The van der Waals surface area contributed by atoms with Crippen molar-refractivity contribution in [2.45, 2.75) is 26.3 Å². The molecule has 1 fully saturated rings. The summed E-state index contributed by atoms with van der Waals surface area (Å²) in [5.41, 5.74) is -0.0251. The maximum atomic E-state index is 12.4. The van der Waals surface area contributed by atoms with Crippen LogP contribution in [0.25, 0.3) is 6.08 Å². The molecule has 1 aliphatic rings. The fraction of sp³-hybridized carbons (Fsp3) is 0.357. The molecular weight excluding hydrogens is 258 g/mol. The normalized spacial score (nSPS) is 18.7. The van der Waals surface area contributed by atoms with Gasteiger partial charge in [-0.15, -0.1) is 0 Å². The second-order valence-corrected chi connectivity index (χ2v) is 5.67. The lowest BCUT2D eigenvalue weighted by Gasteiger charge is -2.36. The number of imide groups is 2. The first-order valence-corrected chi connectivity index (χ1v) is 6.24. The van der Waals surface area contributed by atoms with Crippen LogP contribution in [0, 0.1) is 0 Å². The van der Waals surface area contributed by atoms with Gasteiger partial charge in [0.15, 0.2) is 0 Å². The summed E-state index contributed by atoms with van der Waals surface area (Å²) in [6, 6.07) is 2.91. The van der Waals surface area contributed by atoms with E-state index in [9.17, 15) is 14.4 Å². The van der Waals surface area contributed by atoms with Crippen LogP contribution in [0.2, 0.25) is 0 Å². The quantitative estimate of drug-likeness (QED) is 0.620. The van der Waals surface area contributed by atoms with Crippen molar-refractivity contribution in [1.29, 1.82) is 0 Å². The molecule has 0 bridgehead atoms. The summed E-state index contributed by atoms with van der Waals surface area (Å²) < 4.78 is 1.78. The molecule has 2 heterocycles. The molecule has 1 aliphatic heterocycles. The minimum Gasteiger partial charge on any atom is -0.351 e. The second kappa shape index (κ2) is 4.63. The second-order valence-electron chi connectivity index (χ2n) is 5.67. The molecule has 6 nitrogen and oxygen atoms in total. The summed E-state index contributed by atoms with van der Waals surface area (Å²) >= 11 is 0. The standard InChI is InChI=1S/C14H17N3O3/c1-14(2,3)17-12(19)10(11(18)15-13(17)20)8-9-6-5-7-16(9)4/h5-8H,1-4H3,(H,15,18,20)/b10-8-. The number of nitrogens with zero attached hydrogens (tertiary/aromatic N) is 2. The molecule has 0 radical (unpaired) electrons. The molecule has 106 valence electrons. The fourth-order valence-electron chi connectivity index (χ4n) is 2.04. The van der Waals surface area contributed by atoms with Gasteiger partial charge < -0.3 is 4.57 Å². The number of rotatable bonds is 1. The number of aryl methyl sites for hydroxylation is 1. The van der Waals surface area contributed by atoms with E-state index in [1.54, 1.807) is 31.4 Å². The van der Waals surface area contributed by atoms with Gasteiger partial charge in [0.25, 0.3) is 11.8 Å². The number of hydrogen-bond donors (Lipinski definition) is 1. The first kappa shape index (κ1) is 14.0. The Morgan fingerprint density at radius 3 is 2.35 bits per heavy atom. The number of hydrogen-bond acceptors (Lipinski definition) is 3. The molecular formula is C14H17N3O3. The van der Waals surface area contributed by atoms with Gasteiger partial charge in [-0.1, -0.05) is 0 Å². The molecule has 0 atom stereocenters. The van der Waals surface area contributed by atoms with E-state index < -0.39 is 23.4 Å². The fourth-order valence-corrected chi connectivity index (χ4v) is 2.04. The lowest BCUT2D eigenvalue weighted by molar-refractivity contribution is -0.133. The average molecular weight is 275 g/mol. The van der Waals surface area contributed by atoms with E-state index in [4.69, 9.17) is 0 Å². The molecule has 2 rings (SSSR count). The minimum absolute atomic E-state index is 0.0404. The van der Waals surface area contributed by atoms with Crippen molar-refractivity contribution >= 4 is 23.9 Å². The zero-order valence-electron chi connectivity index (χ0n) is 11.9. The van der Waals surface area contributed by atoms with Crippen LogP contribution in [-0.2, 0) is 16.6 Å². The number of barbiturate groups is 1. The van der Waals surface area contributed by atoms with E-state index >= 15 is 0 Å². The van der Waals surface area contributed by atoms with Crippen molar-refractivity contribution in [3.05, 3.63) is 29.6 Å². The molecule has 1 aromatic heterocycles. The number of carbonyl (C=O) groups is 3. The van der Waals surface area contributed by atoms with Gasteiger partial charge in [0.1, 0.15) is 5.57 Å². The van der Waals surface area contributed by atoms with Crippen LogP contribution in [-0.4, -0.2) is 32.9 Å². The lowest BCUT2D eigenvalue weighted by atomic mass is 10.0. The Balaban J connectivity index is 2.46. The molecule has 1 saturated heterocycles. The Hall–Kier alpha value is -2.37. The maximum absolute atomic E-state index is 12.4. The first-order valence-electron chi connectivity index (χ1n) is 6.24. The zero-order valence-corrected chi connectivity index (χ0v) is 11.9. The third-order valence-electron chi connectivity index (χ3n) is 3.05. The van der Waals surface area contributed by atoms with Gasteiger partial charge >= 0.3 is 6.03 Å². The Bertz CT molecular complexity index is 620. The Morgan fingerprint density at radius 1 is 1.20 bits per heavy atom. The van der Waals surface area contributed by atoms with E-state index in [1.807, 2.05) is 19.3 Å². The SMILES string of the molecule is Cn1cccc1/C=C1/C(=O)NC(=O)N(C(C)(C)C)C1=O. The van der Waals surface area contributed by atoms with Crippen molar-refractivity contribution in [3.63, 3.8) is 0 Å². The average Bonchev–Trinajstić information content (AvgIpc) is 2.67. The number of carbonyl (C=O) groups excluding carboxylic acids is 3. The summed E-state index contributed by atoms with van der Waals surface area (Å²) in [6.45, 7) is 5.21. The summed E-state index contributed by atoms with van der Waals surface area (Å²) in [4.78, 5) is 37.1. The van der Waals surface area contributed by atoms with Crippen molar-refractivity contribution in [1.82, 2.24) is 14.8 Å². The van der Waals surface area contributed by atoms with Gasteiger partial charge in [0.2, 0.25) is 0 Å². The topological polar surface area (TPSA) is 71.4 Å². The van der Waals surface area contributed by atoms with E-state index in [0.717, 1.165) is 4.90 Å². The van der Waals surface area contributed by atoms with Gasteiger partial charge in [-0.25, -0.2) is 4.79 Å². The largest absolute Gasteiger partial charge is 0.351 e. The van der Waals surface area contributed by atoms with Gasteiger partial charge in [0.05, 0.1) is 0 Å². The Kier molecular flexibility index (Phi) is 3.25. The third kappa shape index (κ3) is 2.36. The third-order valence-corrected chi connectivity index (χ3v) is 3.05. The highest BCUT2D eigenvalue weighted by Crippen LogP contribution is 2.22. The molecule has 0 unspecified atom stereocenters. The predicted octanol–water partition coefficient (Wildman–Crippen LogP) is 1.29. The van der Waals surface area contributed by atoms with Crippen LogP contribution < -0.4 is 5.32 Å². The minimum atomic E-state index is -0.699. The maximum Gasteiger partial charge on any atom is 0.331 e. The summed E-state index contributed by atoms with van der Waals surface area (Å²) in [5, 5.41) is 2.20. The first-order chi connectivity index (χ1) is 9.21. The number of urea groups is 1. The highest BCUT2D eigenvalue weighted by molar-refractivity contribution is 6.31. The lowest BCUT2D eigenvalue weighted by Crippen LogP contribution is -2.60. The smallest absolute Gasteiger partial charge is 0.331 e. The van der Waals surface area contributed by atoms with Crippen molar-refractivity contribution in [3.8, 4) is 0 Å². The van der Waals surface area contributed by atoms with Crippen LogP contribution in [0.4, 0.5) is 4.79 Å². The van der Waals surface area contributed by atoms with Crippen molar-refractivity contribution in [2.24, 2.45) is 7.05 Å². The number of aromatic nitrogens is 1. The van der Waals surface area contributed by atoms with Gasteiger partial charge in [0, 0.05) is 24.5 Å². The molecule has 0 saturated carbocycles. The molecule has 6 heteroatoms. The highest BCUT2D eigenvalue weighted by atomic mass is 16.2. The number of amides is 4. The van der Waals surface area contributed by atoms with Crippen molar-refractivity contribution < 1.29 is 14.4 Å². The molecule has 0 aliphatic carbocycles. The molecule has 0 aromatic carbocycles. The highest BCUT2D eigenvalue weighted by Gasteiger charge is 2.41. The van der Waals surface area contributed by atoms with Gasteiger partial charge in [-0.05, 0) is 39.0 Å². The van der Waals surface area contributed by atoms with Gasteiger partial charge in [-0.3, -0.25) is 19.8 Å². The Labute approximate surface area is 117 Å². The molecule has 4 amide bonds. The van der Waals surface area contributed by atoms with Gasteiger partial charge in [-0.2, -0.15) is 0 Å². The monoisotopic (exact) mass is 275 g/mol. The summed E-state index contributed by atoms with van der Waals surface area (Å²) in [5.74, 6) is -1.24. The summed E-state index contributed by atoms with van der Waals surface area (Å²) in [7, 11) is 1.81. The Morgan fingerprint density at radius 2 is 1.85 bits per heavy atom. The van der Waals surface area contributed by atoms with Crippen LogP contribution in [0.1, 0.15) is 26.5 Å². The van der Waals surface area contributed by atoms with E-state index in [1.165, 1.54) is 6.08 Å². The number of nitrogens with one attached hydrogen (secondary N) is 1. The van der Waals surface area contributed by atoms with E-state index in [0.29, 0.717) is 5.69 Å². The molecule has 1 aromatic rings. The summed E-state index contributed by atoms with van der Waals surface area (Å²) in [6.07, 6.45) is 3.30. The molecule has 20 heavy (non-hydrogen) atoms. The molecule has 1 N–H and O–H groups in total. The van der Waals surface area contributed by atoms with Crippen LogP contribution in [0.15, 0.2) is 23.9 Å². The van der Waals surface area contributed by atoms with Crippen molar-refractivity contribution in [2.75, 3.05) is 0 Å². The van der Waals surface area contributed by atoms with Crippen LogP contribution in [0.5, 0.6) is 0 Å².